The highest BCUT2D eigenvalue weighted by Gasteiger charge is 2.23. The van der Waals surface area contributed by atoms with Crippen molar-refractivity contribution in [2.45, 2.75) is 24.9 Å². The van der Waals surface area contributed by atoms with Crippen molar-refractivity contribution >= 4 is 23.7 Å². The van der Waals surface area contributed by atoms with Gasteiger partial charge in [0.05, 0.1) is 6.61 Å². The van der Waals surface area contributed by atoms with Crippen LogP contribution in [0.4, 0.5) is 0 Å². The molecule has 0 aliphatic heterocycles. The van der Waals surface area contributed by atoms with Gasteiger partial charge in [-0.05, 0) is 12.8 Å². The molecule has 22 heavy (non-hydrogen) atoms. The quantitative estimate of drug-likeness (QED) is 0.120. The number of nitrogens with zero attached hydrogens (tertiary/aromatic N) is 1. The fourth-order valence-electron chi connectivity index (χ4n) is 1.42. The van der Waals surface area contributed by atoms with Crippen LogP contribution in [0, 0.1) is 0 Å². The third kappa shape index (κ3) is 8.71. The van der Waals surface area contributed by atoms with Crippen molar-refractivity contribution < 1.29 is 24.6 Å². The summed E-state index contributed by atoms with van der Waals surface area (Å²) >= 11 is 0. The van der Waals surface area contributed by atoms with Gasteiger partial charge < -0.3 is 38.0 Å². The lowest BCUT2D eigenvalue weighted by molar-refractivity contribution is -0.138. The number of carboxylic acids is 1. The lowest BCUT2D eigenvalue weighted by atomic mass is 10.1. The molecule has 11 nitrogen and oxygen atoms in total. The number of carbonyl (C=O) groups excluding carboxylic acids is 2. The number of carboxylic acid groups (broad SMARTS) is 1. The molecule has 0 heterocycles. The number of aliphatic hydroxyl groups is 1. The normalized spacial score (nSPS) is 12.8. The summed E-state index contributed by atoms with van der Waals surface area (Å²) in [6, 6.07) is -2.17. The molecular weight excluding hydrogens is 296 g/mol. The van der Waals surface area contributed by atoms with Gasteiger partial charge in [0.25, 0.3) is 0 Å². The Bertz CT molecular complexity index is 423. The Kier molecular flexibility index (Phi) is 9.22. The van der Waals surface area contributed by atoms with E-state index in [-0.39, 0.29) is 18.9 Å². The molecule has 0 saturated carbocycles. The minimum atomic E-state index is -1.22. The van der Waals surface area contributed by atoms with Gasteiger partial charge in [0.2, 0.25) is 11.8 Å². The molecule has 10 N–H and O–H groups in total. The van der Waals surface area contributed by atoms with Crippen LogP contribution in [0.1, 0.15) is 12.8 Å². The molecule has 11 heteroatoms. The van der Waals surface area contributed by atoms with Crippen LogP contribution in [0.25, 0.3) is 0 Å². The summed E-state index contributed by atoms with van der Waals surface area (Å²) in [5, 5.41) is 21.8. The van der Waals surface area contributed by atoms with Crippen LogP contribution in [-0.2, 0) is 14.4 Å². The summed E-state index contributed by atoms with van der Waals surface area (Å²) in [6.07, 6.45) is 0.545. The highest BCUT2D eigenvalue weighted by Crippen LogP contribution is 1.99. The van der Waals surface area contributed by atoms with Gasteiger partial charge in [0.1, 0.15) is 18.6 Å². The number of aliphatic hydroxyl groups excluding tert-OH is 1. The lowest BCUT2D eigenvalue weighted by Gasteiger charge is -2.19. The molecule has 0 aliphatic rings. The van der Waals surface area contributed by atoms with E-state index in [0.717, 1.165) is 0 Å². The van der Waals surface area contributed by atoms with Crippen molar-refractivity contribution in [3.05, 3.63) is 0 Å². The molecule has 0 saturated heterocycles. The molecule has 126 valence electrons. The van der Waals surface area contributed by atoms with Crippen LogP contribution >= 0.6 is 0 Å². The predicted molar refractivity (Wildman–Crippen MR) is 77.5 cm³/mol. The van der Waals surface area contributed by atoms with Gasteiger partial charge in [0.15, 0.2) is 5.96 Å². The minimum absolute atomic E-state index is 0.0989. The second-order valence-corrected chi connectivity index (χ2v) is 4.41. The van der Waals surface area contributed by atoms with Crippen LogP contribution in [0.5, 0.6) is 0 Å². The Morgan fingerprint density at radius 1 is 1.18 bits per heavy atom. The highest BCUT2D eigenvalue weighted by molar-refractivity contribution is 5.91. The number of guanidine groups is 1. The molecule has 0 rings (SSSR count). The van der Waals surface area contributed by atoms with Crippen LogP contribution in [0.3, 0.4) is 0 Å². The predicted octanol–water partition coefficient (Wildman–Crippen LogP) is -3.95. The van der Waals surface area contributed by atoms with Crippen molar-refractivity contribution in [3.8, 4) is 0 Å². The second-order valence-electron chi connectivity index (χ2n) is 4.41. The van der Waals surface area contributed by atoms with E-state index in [0.29, 0.717) is 6.42 Å². The number of carbonyl (C=O) groups is 3. The Hall–Kier alpha value is -2.40. The summed E-state index contributed by atoms with van der Waals surface area (Å²) in [7, 11) is 0. The topological polar surface area (TPSA) is 206 Å². The summed E-state index contributed by atoms with van der Waals surface area (Å²) in [5.41, 5.74) is 15.7. The fourth-order valence-corrected chi connectivity index (χ4v) is 1.42. The monoisotopic (exact) mass is 318 g/mol. The molecule has 2 amide bonds. The molecule has 0 aliphatic carbocycles. The zero-order valence-corrected chi connectivity index (χ0v) is 12.0. The van der Waals surface area contributed by atoms with E-state index in [1.165, 1.54) is 0 Å². The van der Waals surface area contributed by atoms with E-state index in [9.17, 15) is 14.4 Å². The summed E-state index contributed by atoms with van der Waals surface area (Å²) in [5.74, 6) is -2.71. The van der Waals surface area contributed by atoms with E-state index in [1.807, 2.05) is 0 Å². The zero-order valence-electron chi connectivity index (χ0n) is 12.0. The van der Waals surface area contributed by atoms with Crippen molar-refractivity contribution in [1.82, 2.24) is 10.6 Å². The number of amides is 2. The minimum Gasteiger partial charge on any atom is -0.480 e. The van der Waals surface area contributed by atoms with E-state index in [4.69, 9.17) is 27.4 Å². The average molecular weight is 318 g/mol. The number of hydrogen-bond acceptors (Lipinski definition) is 6. The molecule has 0 aromatic heterocycles. The van der Waals surface area contributed by atoms with Gasteiger partial charge in [-0.25, -0.2) is 0 Å². The molecule has 0 bridgehead atoms. The van der Waals surface area contributed by atoms with E-state index >= 15 is 0 Å². The van der Waals surface area contributed by atoms with Crippen LogP contribution in [-0.4, -0.2) is 65.7 Å². The molecule has 0 unspecified atom stereocenters. The first-order valence-corrected chi connectivity index (χ1v) is 6.49. The standard InChI is InChI=1S/C11H22N6O5/c12-6(5-18)9(21)17-7(2-1-3-15-11(13)14)10(22)16-4-8(19)20/h6-7,18H,1-5,12H2,(H,16,22)(H,17,21)(H,19,20)(H4,13,14,15)/t6-,7-/m0/s1. The van der Waals surface area contributed by atoms with Gasteiger partial charge in [-0.3, -0.25) is 19.4 Å². The largest absolute Gasteiger partial charge is 0.480 e. The average Bonchev–Trinajstić information content (AvgIpc) is 2.46. The lowest BCUT2D eigenvalue weighted by Crippen LogP contribution is -2.53. The van der Waals surface area contributed by atoms with Crippen molar-refractivity contribution in [3.63, 3.8) is 0 Å². The van der Waals surface area contributed by atoms with E-state index in [2.05, 4.69) is 15.6 Å². The Morgan fingerprint density at radius 2 is 1.82 bits per heavy atom. The molecule has 0 fully saturated rings. The maximum atomic E-state index is 11.8. The first kappa shape index (κ1) is 19.6. The van der Waals surface area contributed by atoms with Crippen molar-refractivity contribution in [2.75, 3.05) is 19.7 Å². The van der Waals surface area contributed by atoms with Gasteiger partial charge in [-0.2, -0.15) is 0 Å². The smallest absolute Gasteiger partial charge is 0.322 e. The molecule has 0 radical (unpaired) electrons. The number of hydrogen-bond donors (Lipinski definition) is 7. The van der Waals surface area contributed by atoms with Crippen molar-refractivity contribution in [2.24, 2.45) is 22.2 Å². The van der Waals surface area contributed by atoms with E-state index in [1.54, 1.807) is 0 Å². The maximum absolute atomic E-state index is 11.8. The third-order valence-corrected chi connectivity index (χ3v) is 2.53. The number of aliphatic imine (C=N–C) groups is 1. The first-order valence-electron chi connectivity index (χ1n) is 6.49. The highest BCUT2D eigenvalue weighted by atomic mass is 16.4. The van der Waals surface area contributed by atoms with Crippen LogP contribution < -0.4 is 27.8 Å². The number of aliphatic carboxylic acids is 1. The Balaban J connectivity index is 4.60. The molecular formula is C11H22N6O5. The van der Waals surface area contributed by atoms with Gasteiger partial charge in [-0.1, -0.05) is 0 Å². The Labute approximate surface area is 126 Å². The first-order chi connectivity index (χ1) is 10.3. The summed E-state index contributed by atoms with van der Waals surface area (Å²) in [4.78, 5) is 37.6. The summed E-state index contributed by atoms with van der Waals surface area (Å²) < 4.78 is 0. The molecule has 2 atom stereocenters. The van der Waals surface area contributed by atoms with Gasteiger partial charge in [-0.15, -0.1) is 0 Å². The number of nitrogens with one attached hydrogen (secondary N) is 2. The molecule has 0 spiro atoms. The zero-order chi connectivity index (χ0) is 17.1. The third-order valence-electron chi connectivity index (χ3n) is 2.53. The maximum Gasteiger partial charge on any atom is 0.322 e. The molecule has 0 aromatic rings. The SMILES string of the molecule is NC(N)=NCCC[C@H](NC(=O)[C@@H](N)CO)C(=O)NCC(=O)O. The van der Waals surface area contributed by atoms with Gasteiger partial charge in [0, 0.05) is 6.54 Å². The number of nitrogens with two attached hydrogens (primary N) is 3. The molecule has 0 aromatic carbocycles. The van der Waals surface area contributed by atoms with E-state index < -0.39 is 43.0 Å². The van der Waals surface area contributed by atoms with Crippen LogP contribution in [0.2, 0.25) is 0 Å². The fraction of sp³-hybridized carbons (Fsp3) is 0.636. The summed E-state index contributed by atoms with van der Waals surface area (Å²) in [6.45, 7) is -0.915. The number of rotatable bonds is 10. The van der Waals surface area contributed by atoms with Crippen LogP contribution in [0.15, 0.2) is 4.99 Å². The van der Waals surface area contributed by atoms with Gasteiger partial charge >= 0.3 is 5.97 Å². The Morgan fingerprint density at radius 3 is 2.32 bits per heavy atom. The second kappa shape index (κ2) is 10.3. The van der Waals surface area contributed by atoms with Crippen molar-refractivity contribution in [1.29, 1.82) is 0 Å².